The van der Waals surface area contributed by atoms with Gasteiger partial charge in [-0.25, -0.2) is 4.39 Å². The molecule has 2 nitrogen and oxygen atoms in total. The molecule has 88 valence electrons. The Balaban J connectivity index is 2.09. The summed E-state index contributed by atoms with van der Waals surface area (Å²) in [6, 6.07) is 6.76. The number of rotatable bonds is 3. The summed E-state index contributed by atoms with van der Waals surface area (Å²) in [5.41, 5.74) is 7.15. The third-order valence-corrected chi connectivity index (χ3v) is 3.68. The number of benzene rings is 1. The van der Waals surface area contributed by atoms with E-state index in [0.29, 0.717) is 16.5 Å². The average Bonchev–Trinajstić information content (AvgIpc) is 2.30. The van der Waals surface area contributed by atoms with Crippen LogP contribution in [0.15, 0.2) is 41.6 Å². The Hall–Kier alpha value is -1.26. The quantitative estimate of drug-likeness (QED) is 0.681. The minimum absolute atomic E-state index is 0.332. The Morgan fingerprint density at radius 2 is 2.12 bits per heavy atom. The zero-order valence-corrected chi connectivity index (χ0v) is 10.4. The van der Waals surface area contributed by atoms with Crippen molar-refractivity contribution in [1.29, 1.82) is 0 Å². The van der Waals surface area contributed by atoms with E-state index >= 15 is 0 Å². The Kier molecular flexibility index (Phi) is 3.86. The third kappa shape index (κ3) is 3.35. The van der Waals surface area contributed by atoms with Gasteiger partial charge in [0.15, 0.2) is 0 Å². The zero-order chi connectivity index (χ0) is 12.3. The van der Waals surface area contributed by atoms with Gasteiger partial charge in [0.2, 0.25) is 0 Å². The SMILES string of the molecule is Nc1ccc(Cl)c(SCc2cncc(F)c2)c1. The summed E-state index contributed by atoms with van der Waals surface area (Å²) in [6.07, 6.45) is 2.82. The Morgan fingerprint density at radius 3 is 2.88 bits per heavy atom. The van der Waals surface area contributed by atoms with Crippen LogP contribution >= 0.6 is 23.4 Å². The largest absolute Gasteiger partial charge is 0.399 e. The maximum absolute atomic E-state index is 12.9. The van der Waals surface area contributed by atoms with Crippen LogP contribution in [0, 0.1) is 5.82 Å². The van der Waals surface area contributed by atoms with Gasteiger partial charge >= 0.3 is 0 Å². The monoisotopic (exact) mass is 268 g/mol. The molecule has 0 bridgehead atoms. The highest BCUT2D eigenvalue weighted by molar-refractivity contribution is 7.98. The lowest BCUT2D eigenvalue weighted by atomic mass is 10.3. The van der Waals surface area contributed by atoms with Gasteiger partial charge in [-0.05, 0) is 29.8 Å². The smallest absolute Gasteiger partial charge is 0.141 e. The molecule has 1 heterocycles. The predicted molar refractivity (Wildman–Crippen MR) is 69.6 cm³/mol. The Bertz CT molecular complexity index is 534. The molecule has 17 heavy (non-hydrogen) atoms. The molecule has 0 fully saturated rings. The second-order valence-corrected chi connectivity index (χ2v) is 4.91. The van der Waals surface area contributed by atoms with Crippen molar-refractivity contribution in [2.45, 2.75) is 10.6 Å². The van der Waals surface area contributed by atoms with E-state index in [4.69, 9.17) is 17.3 Å². The van der Waals surface area contributed by atoms with Crippen LogP contribution in [0.1, 0.15) is 5.56 Å². The molecule has 2 N–H and O–H groups in total. The topological polar surface area (TPSA) is 38.9 Å². The molecule has 0 saturated carbocycles. The fourth-order valence-electron chi connectivity index (χ4n) is 1.33. The van der Waals surface area contributed by atoms with E-state index in [1.807, 2.05) is 0 Å². The molecule has 1 aromatic heterocycles. The van der Waals surface area contributed by atoms with Crippen LogP contribution in [0.5, 0.6) is 0 Å². The first kappa shape index (κ1) is 12.2. The van der Waals surface area contributed by atoms with Gasteiger partial charge < -0.3 is 5.73 Å². The lowest BCUT2D eigenvalue weighted by molar-refractivity contribution is 0.619. The minimum atomic E-state index is -0.332. The zero-order valence-electron chi connectivity index (χ0n) is 8.86. The number of halogens is 2. The van der Waals surface area contributed by atoms with E-state index < -0.39 is 0 Å². The van der Waals surface area contributed by atoms with Crippen molar-refractivity contribution >= 4 is 29.1 Å². The maximum atomic E-state index is 12.9. The van der Waals surface area contributed by atoms with E-state index in [9.17, 15) is 4.39 Å². The van der Waals surface area contributed by atoms with E-state index in [1.54, 1.807) is 24.4 Å². The summed E-state index contributed by atoms with van der Waals surface area (Å²) in [5.74, 6) is 0.273. The molecule has 5 heteroatoms. The molecule has 0 radical (unpaired) electrons. The molecule has 0 aliphatic rings. The van der Waals surface area contributed by atoms with Gasteiger partial charge in [0.25, 0.3) is 0 Å². The number of thioether (sulfide) groups is 1. The number of nitrogen functional groups attached to an aromatic ring is 1. The molecule has 0 saturated heterocycles. The van der Waals surface area contributed by atoms with Crippen LogP contribution in [0.25, 0.3) is 0 Å². The van der Waals surface area contributed by atoms with Gasteiger partial charge in [-0.15, -0.1) is 11.8 Å². The van der Waals surface area contributed by atoms with E-state index in [0.717, 1.165) is 10.5 Å². The predicted octanol–water partition coefficient (Wildman–Crippen LogP) is 3.75. The van der Waals surface area contributed by atoms with E-state index in [1.165, 1.54) is 24.0 Å². The fraction of sp³-hybridized carbons (Fsp3) is 0.0833. The number of pyridine rings is 1. The van der Waals surface area contributed by atoms with Gasteiger partial charge in [-0.1, -0.05) is 11.6 Å². The number of hydrogen-bond donors (Lipinski definition) is 1. The van der Waals surface area contributed by atoms with Gasteiger partial charge in [0.05, 0.1) is 11.2 Å². The van der Waals surface area contributed by atoms with Crippen molar-refractivity contribution < 1.29 is 4.39 Å². The number of aromatic nitrogens is 1. The van der Waals surface area contributed by atoms with Crippen LogP contribution in [-0.2, 0) is 5.75 Å². The van der Waals surface area contributed by atoms with Crippen molar-refractivity contribution in [1.82, 2.24) is 4.98 Å². The summed E-state index contributed by atoms with van der Waals surface area (Å²) in [5, 5.41) is 0.647. The molecule has 0 unspecified atom stereocenters. The summed E-state index contributed by atoms with van der Waals surface area (Å²) >= 11 is 7.53. The van der Waals surface area contributed by atoms with Crippen molar-refractivity contribution in [2.24, 2.45) is 0 Å². The van der Waals surface area contributed by atoms with Crippen LogP contribution < -0.4 is 5.73 Å². The van der Waals surface area contributed by atoms with Gasteiger partial charge in [0.1, 0.15) is 5.82 Å². The first-order chi connectivity index (χ1) is 8.15. The average molecular weight is 269 g/mol. The first-order valence-corrected chi connectivity index (χ1v) is 6.29. The van der Waals surface area contributed by atoms with Crippen LogP contribution in [0.3, 0.4) is 0 Å². The molecule has 0 atom stereocenters. The number of nitrogens with zero attached hydrogens (tertiary/aromatic N) is 1. The van der Waals surface area contributed by atoms with Crippen molar-refractivity contribution in [3.05, 3.63) is 53.1 Å². The molecule has 0 aliphatic heterocycles. The molecule has 1 aromatic carbocycles. The number of anilines is 1. The molecule has 2 rings (SSSR count). The molecule has 2 aromatic rings. The second-order valence-electron chi connectivity index (χ2n) is 3.49. The fourth-order valence-corrected chi connectivity index (χ4v) is 2.51. The van der Waals surface area contributed by atoms with E-state index in [2.05, 4.69) is 4.98 Å². The molecular weight excluding hydrogens is 259 g/mol. The summed E-state index contributed by atoms with van der Waals surface area (Å²) in [6.45, 7) is 0. The normalized spacial score (nSPS) is 10.5. The van der Waals surface area contributed by atoms with Gasteiger partial charge in [-0.2, -0.15) is 0 Å². The lowest BCUT2D eigenvalue weighted by Gasteiger charge is -2.05. The first-order valence-electron chi connectivity index (χ1n) is 4.92. The maximum Gasteiger partial charge on any atom is 0.141 e. The standard InChI is InChI=1S/C12H10ClFN2S/c13-11-2-1-10(15)4-12(11)17-7-8-3-9(14)6-16-5-8/h1-6H,7,15H2. The Morgan fingerprint density at radius 1 is 1.29 bits per heavy atom. The Labute approximate surface area is 108 Å². The highest BCUT2D eigenvalue weighted by Gasteiger charge is 2.03. The van der Waals surface area contributed by atoms with Crippen molar-refractivity contribution in [3.63, 3.8) is 0 Å². The molecule has 0 amide bonds. The second kappa shape index (κ2) is 5.38. The third-order valence-electron chi connectivity index (χ3n) is 2.11. The molecule has 0 aliphatic carbocycles. The van der Waals surface area contributed by atoms with Crippen LogP contribution in [-0.4, -0.2) is 4.98 Å². The van der Waals surface area contributed by atoms with Crippen LogP contribution in [0.2, 0.25) is 5.02 Å². The highest BCUT2D eigenvalue weighted by atomic mass is 35.5. The molecular formula is C12H10ClFN2S. The number of nitrogens with two attached hydrogens (primary N) is 1. The van der Waals surface area contributed by atoms with Crippen LogP contribution in [0.4, 0.5) is 10.1 Å². The summed E-state index contributed by atoms with van der Waals surface area (Å²) < 4.78 is 12.9. The lowest BCUT2D eigenvalue weighted by Crippen LogP contribution is -1.88. The minimum Gasteiger partial charge on any atom is -0.399 e. The van der Waals surface area contributed by atoms with Crippen molar-refractivity contribution in [2.75, 3.05) is 5.73 Å². The number of hydrogen-bond acceptors (Lipinski definition) is 3. The van der Waals surface area contributed by atoms with Crippen molar-refractivity contribution in [3.8, 4) is 0 Å². The van der Waals surface area contributed by atoms with Gasteiger partial charge in [0, 0.05) is 22.5 Å². The summed E-state index contributed by atoms with van der Waals surface area (Å²) in [4.78, 5) is 4.68. The van der Waals surface area contributed by atoms with E-state index in [-0.39, 0.29) is 5.82 Å². The van der Waals surface area contributed by atoms with Gasteiger partial charge in [-0.3, -0.25) is 4.98 Å². The summed E-state index contributed by atoms with van der Waals surface area (Å²) in [7, 11) is 0. The highest BCUT2D eigenvalue weighted by Crippen LogP contribution is 2.31. The molecule has 0 spiro atoms.